The predicted octanol–water partition coefficient (Wildman–Crippen LogP) is 2.96. The molecule has 5 aliphatic rings. The van der Waals surface area contributed by atoms with Crippen LogP contribution in [0, 0.1) is 11.3 Å². The van der Waals surface area contributed by atoms with Crippen molar-refractivity contribution in [3.05, 3.63) is 65.7 Å². The van der Waals surface area contributed by atoms with Crippen molar-refractivity contribution in [1.29, 1.82) is 0 Å². The van der Waals surface area contributed by atoms with Crippen molar-refractivity contribution >= 4 is 39.5 Å². The van der Waals surface area contributed by atoms with Gasteiger partial charge in [0.05, 0.1) is 11.8 Å². The molecule has 3 unspecified atom stereocenters. The summed E-state index contributed by atoms with van der Waals surface area (Å²) in [6, 6.07) is 10.8. The summed E-state index contributed by atoms with van der Waals surface area (Å²) in [6.45, 7) is 7.72. The highest BCUT2D eigenvalue weighted by atomic mass is 32.2. The van der Waals surface area contributed by atoms with Crippen LogP contribution in [0.1, 0.15) is 70.9 Å². The van der Waals surface area contributed by atoms with Crippen molar-refractivity contribution in [1.82, 2.24) is 25.6 Å². The molecule has 53 heavy (non-hydrogen) atoms. The number of hydrogen-bond donors (Lipinski definition) is 4. The van der Waals surface area contributed by atoms with Crippen LogP contribution in [0.4, 0.5) is 4.79 Å². The molecule has 4 N–H and O–H groups in total. The first kappa shape index (κ1) is 36.4. The number of ether oxygens (including phenoxy) is 1. The zero-order valence-electron chi connectivity index (χ0n) is 30.3. The maximum atomic E-state index is 14.5. The van der Waals surface area contributed by atoms with Gasteiger partial charge in [-0.1, -0.05) is 69.6 Å². The van der Waals surface area contributed by atoms with E-state index in [4.69, 9.17) is 9.57 Å². The number of amides is 5. The molecule has 5 amide bonds. The van der Waals surface area contributed by atoms with Gasteiger partial charge < -0.3 is 30.4 Å². The largest absolute Gasteiger partial charge is 0.490 e. The van der Waals surface area contributed by atoms with E-state index in [2.05, 4.69) is 25.8 Å². The number of rotatable bonds is 6. The quantitative estimate of drug-likeness (QED) is 0.278. The maximum Gasteiger partial charge on any atom is 0.315 e. The molecule has 15 heteroatoms. The summed E-state index contributed by atoms with van der Waals surface area (Å²) in [7, 11) is -3.86. The number of sulfonamides is 1. The number of nitrogens with zero attached hydrogens (tertiary/aromatic N) is 2. The standard InChI is InChI=1S/C38H46N6O8S/c1-5-22-20-38(22,35(47)43-53(49,50)25-13-14-25)41-33(45)30-19-24-21-44(30)34(46)32(37(2,3)4)40-36(48)39-16-8-9-17-51-23-12-15-27-26-10-6-7-11-28(26)31(42-52-24)29(27)18-23/h6-12,15,18,22,24-25,30,32H,5,13-14,16-17,19-21H2,1-4H3,(H,41,45)(H,43,47)(H2,39,40,48)/b9-8+,42-31+/t22-,24?,30?,32-,38?/m1/s1. The van der Waals surface area contributed by atoms with Crippen molar-refractivity contribution in [3.8, 4) is 16.9 Å². The summed E-state index contributed by atoms with van der Waals surface area (Å²) in [4.78, 5) is 63.0. The fraction of sp³-hybridized carbons (Fsp3) is 0.500. The fourth-order valence-electron chi connectivity index (χ4n) is 7.44. The van der Waals surface area contributed by atoms with E-state index in [1.807, 2.05) is 70.2 Å². The smallest absolute Gasteiger partial charge is 0.315 e. The van der Waals surface area contributed by atoms with Gasteiger partial charge >= 0.3 is 6.03 Å². The van der Waals surface area contributed by atoms with Crippen LogP contribution < -0.4 is 25.4 Å². The summed E-state index contributed by atoms with van der Waals surface area (Å²) < 4.78 is 33.6. The molecule has 7 rings (SSSR count). The maximum absolute atomic E-state index is 14.5. The van der Waals surface area contributed by atoms with Gasteiger partial charge in [0, 0.05) is 24.1 Å². The summed E-state index contributed by atoms with van der Waals surface area (Å²) in [5.41, 5.74) is 1.99. The molecule has 282 valence electrons. The number of fused-ring (bicyclic) bond motifs is 6. The van der Waals surface area contributed by atoms with Crippen molar-refractivity contribution in [3.63, 3.8) is 0 Å². The molecule has 3 aliphatic carbocycles. The number of urea groups is 1. The number of carbonyl (C=O) groups is 4. The molecule has 4 bridgehead atoms. The summed E-state index contributed by atoms with van der Waals surface area (Å²) in [6.07, 6.45) is 4.59. The molecule has 2 saturated carbocycles. The number of oxime groups is 1. The Balaban J connectivity index is 1.22. The van der Waals surface area contributed by atoms with Crippen LogP contribution >= 0.6 is 0 Å². The molecule has 3 fully saturated rings. The molecule has 2 heterocycles. The first-order chi connectivity index (χ1) is 25.2. The van der Waals surface area contributed by atoms with E-state index in [0.717, 1.165) is 22.3 Å². The second-order valence-electron chi connectivity index (χ2n) is 15.5. The third-order valence-corrected chi connectivity index (χ3v) is 12.5. The lowest BCUT2D eigenvalue weighted by Gasteiger charge is -2.35. The van der Waals surface area contributed by atoms with E-state index in [9.17, 15) is 27.6 Å². The highest BCUT2D eigenvalue weighted by molar-refractivity contribution is 7.91. The average molecular weight is 747 g/mol. The van der Waals surface area contributed by atoms with Crippen LogP contribution in [0.5, 0.6) is 5.75 Å². The van der Waals surface area contributed by atoms with E-state index < -0.39 is 68.2 Å². The number of hydrogen-bond acceptors (Lipinski definition) is 9. The van der Waals surface area contributed by atoms with Crippen LogP contribution in [-0.4, -0.2) is 91.5 Å². The van der Waals surface area contributed by atoms with Gasteiger partial charge in [-0.3, -0.25) is 19.1 Å². The Bertz CT molecular complexity index is 2000. The SMILES string of the molecule is CC[C@@H]1CC1(NC(=O)C1CC2CN1C(=O)[C@H](C(C)(C)C)NC(=O)NC/C=C/COc1ccc3c(c1)/C(=N/O2)c1ccccc1-3)C(=O)NS(=O)(=O)C1CC1. The van der Waals surface area contributed by atoms with Crippen molar-refractivity contribution in [2.24, 2.45) is 16.5 Å². The first-order valence-corrected chi connectivity index (χ1v) is 19.7. The summed E-state index contributed by atoms with van der Waals surface area (Å²) in [5.74, 6) is -1.56. The number of nitrogens with one attached hydrogen (secondary N) is 4. The summed E-state index contributed by atoms with van der Waals surface area (Å²) >= 11 is 0. The molecule has 2 aliphatic heterocycles. The Kier molecular flexibility index (Phi) is 9.49. The van der Waals surface area contributed by atoms with Crippen LogP contribution in [0.2, 0.25) is 0 Å². The summed E-state index contributed by atoms with van der Waals surface area (Å²) in [5, 5.41) is 12.4. The minimum atomic E-state index is -3.86. The van der Waals surface area contributed by atoms with Gasteiger partial charge in [0.15, 0.2) is 0 Å². The van der Waals surface area contributed by atoms with Crippen molar-refractivity contribution in [2.45, 2.75) is 88.8 Å². The molecule has 0 spiro atoms. The zero-order chi connectivity index (χ0) is 37.7. The van der Waals surface area contributed by atoms with E-state index in [1.54, 1.807) is 12.2 Å². The normalized spacial score (nSPS) is 28.6. The lowest BCUT2D eigenvalue weighted by molar-refractivity contribution is -0.142. The molecule has 1 saturated heterocycles. The Hall–Kier alpha value is -4.92. The molecule has 0 radical (unpaired) electrons. The molecule has 2 aromatic rings. The fourth-order valence-corrected chi connectivity index (χ4v) is 8.81. The van der Waals surface area contributed by atoms with Gasteiger partial charge in [-0.05, 0) is 66.0 Å². The van der Waals surface area contributed by atoms with Gasteiger partial charge in [-0.15, -0.1) is 0 Å². The van der Waals surface area contributed by atoms with Gasteiger partial charge in [0.25, 0.3) is 5.91 Å². The van der Waals surface area contributed by atoms with E-state index >= 15 is 0 Å². The minimum Gasteiger partial charge on any atom is -0.490 e. The second kappa shape index (κ2) is 13.8. The topological polar surface area (TPSA) is 185 Å². The Morgan fingerprint density at radius 1 is 1.04 bits per heavy atom. The molecular formula is C38H46N6O8S. The third-order valence-electron chi connectivity index (χ3n) is 10.7. The average Bonchev–Trinajstić information content (AvgIpc) is 4.03. The zero-order valence-corrected chi connectivity index (χ0v) is 31.1. The first-order valence-electron chi connectivity index (χ1n) is 18.2. The van der Waals surface area contributed by atoms with Crippen LogP contribution in [-0.2, 0) is 29.2 Å². The van der Waals surface area contributed by atoms with E-state index in [0.29, 0.717) is 30.7 Å². The minimum absolute atomic E-state index is 0.0313. The number of benzene rings is 2. The highest BCUT2D eigenvalue weighted by Gasteiger charge is 2.62. The van der Waals surface area contributed by atoms with Gasteiger partial charge in [0.1, 0.15) is 41.8 Å². The Morgan fingerprint density at radius 3 is 2.47 bits per heavy atom. The van der Waals surface area contributed by atoms with E-state index in [-0.39, 0.29) is 38.5 Å². The lowest BCUT2D eigenvalue weighted by Crippen LogP contribution is -2.61. The molecular weight excluding hydrogens is 701 g/mol. The second-order valence-corrected chi connectivity index (χ2v) is 17.5. The van der Waals surface area contributed by atoms with E-state index in [1.165, 1.54) is 4.90 Å². The molecule has 14 nitrogen and oxygen atoms in total. The monoisotopic (exact) mass is 746 g/mol. The Morgan fingerprint density at radius 2 is 1.77 bits per heavy atom. The predicted molar refractivity (Wildman–Crippen MR) is 196 cm³/mol. The highest BCUT2D eigenvalue weighted by Crippen LogP contribution is 2.47. The van der Waals surface area contributed by atoms with Crippen LogP contribution in [0.25, 0.3) is 11.1 Å². The van der Waals surface area contributed by atoms with Gasteiger partial charge in [-0.25, -0.2) is 13.2 Å². The van der Waals surface area contributed by atoms with Crippen LogP contribution in [0.15, 0.2) is 59.8 Å². The Labute approximate surface area is 309 Å². The van der Waals surface area contributed by atoms with Crippen molar-refractivity contribution in [2.75, 3.05) is 19.7 Å². The van der Waals surface area contributed by atoms with Gasteiger partial charge in [-0.2, -0.15) is 0 Å². The molecule has 5 atom stereocenters. The molecule has 0 aromatic heterocycles. The number of carbonyl (C=O) groups excluding carboxylic acids is 4. The van der Waals surface area contributed by atoms with Crippen LogP contribution in [0.3, 0.4) is 0 Å². The lowest BCUT2D eigenvalue weighted by atomic mass is 9.85. The molecule has 2 aromatic carbocycles. The third kappa shape index (κ3) is 7.22. The van der Waals surface area contributed by atoms with Crippen molar-refractivity contribution < 1.29 is 37.2 Å². The van der Waals surface area contributed by atoms with Gasteiger partial charge in [0.2, 0.25) is 21.8 Å².